The van der Waals surface area contributed by atoms with Crippen molar-refractivity contribution < 1.29 is 0 Å². The van der Waals surface area contributed by atoms with Crippen LogP contribution in [0.25, 0.3) is 0 Å². The Kier molecular flexibility index (Phi) is 5.15. The lowest BCUT2D eigenvalue weighted by Gasteiger charge is -2.32. The summed E-state index contributed by atoms with van der Waals surface area (Å²) in [5.41, 5.74) is 2.92. The maximum Gasteiger partial charge on any atom is 0.0411 e. The molecule has 2 aliphatic rings. The number of likely N-dealkylation sites (tertiary alicyclic amines) is 1. The Morgan fingerprint density at radius 3 is 2.48 bits per heavy atom. The Labute approximate surface area is 129 Å². The summed E-state index contributed by atoms with van der Waals surface area (Å²) in [5.74, 6) is 0. The molecule has 1 N–H and O–H groups in total. The maximum atomic E-state index is 3.79. The van der Waals surface area contributed by atoms with Crippen LogP contribution in [0, 0.1) is 0 Å². The summed E-state index contributed by atoms with van der Waals surface area (Å²) < 4.78 is 0. The first-order valence-corrected chi connectivity index (χ1v) is 8.65. The van der Waals surface area contributed by atoms with Crippen molar-refractivity contribution >= 4 is 5.69 Å². The minimum absolute atomic E-state index is 0.694. The van der Waals surface area contributed by atoms with Crippen LogP contribution in [-0.4, -0.2) is 43.7 Å². The zero-order chi connectivity index (χ0) is 14.5. The average Bonchev–Trinajstić information content (AvgIpc) is 3.08. The van der Waals surface area contributed by atoms with Crippen LogP contribution >= 0.6 is 0 Å². The molecule has 1 aromatic rings. The molecule has 0 unspecified atom stereocenters. The van der Waals surface area contributed by atoms with Gasteiger partial charge in [-0.2, -0.15) is 0 Å². The standard InChI is InChI=1S/C18H29N3/c1-2-20-13-9-17(10-14-20)19-15-16-7-3-4-8-18(16)21-11-5-6-12-21/h3-4,7-8,17,19H,2,5-6,9-15H2,1H3. The Morgan fingerprint density at radius 2 is 1.76 bits per heavy atom. The largest absolute Gasteiger partial charge is 0.371 e. The molecular formula is C18H29N3. The van der Waals surface area contributed by atoms with Crippen LogP contribution in [0.4, 0.5) is 5.69 Å². The average molecular weight is 287 g/mol. The summed E-state index contributed by atoms with van der Waals surface area (Å²) in [7, 11) is 0. The van der Waals surface area contributed by atoms with Crippen LogP contribution in [0.1, 0.15) is 38.2 Å². The third kappa shape index (κ3) is 3.78. The topological polar surface area (TPSA) is 18.5 Å². The van der Waals surface area contributed by atoms with Crippen molar-refractivity contribution in [1.82, 2.24) is 10.2 Å². The van der Waals surface area contributed by atoms with Gasteiger partial charge in [0, 0.05) is 31.4 Å². The molecule has 3 nitrogen and oxygen atoms in total. The summed E-state index contributed by atoms with van der Waals surface area (Å²) in [5, 5.41) is 3.79. The number of hydrogen-bond acceptors (Lipinski definition) is 3. The Balaban J connectivity index is 1.55. The quantitative estimate of drug-likeness (QED) is 0.898. The Hall–Kier alpha value is -1.06. The Bertz CT molecular complexity index is 432. The number of nitrogens with one attached hydrogen (secondary N) is 1. The van der Waals surface area contributed by atoms with E-state index in [1.165, 1.54) is 69.7 Å². The molecule has 0 atom stereocenters. The van der Waals surface area contributed by atoms with Crippen LogP contribution in [-0.2, 0) is 6.54 Å². The molecule has 2 heterocycles. The fraction of sp³-hybridized carbons (Fsp3) is 0.667. The number of benzene rings is 1. The molecule has 116 valence electrons. The van der Waals surface area contributed by atoms with E-state index in [1.807, 2.05) is 0 Å². The molecule has 2 saturated heterocycles. The zero-order valence-electron chi connectivity index (χ0n) is 13.4. The van der Waals surface area contributed by atoms with E-state index in [1.54, 1.807) is 0 Å². The first-order valence-electron chi connectivity index (χ1n) is 8.65. The fourth-order valence-electron chi connectivity index (χ4n) is 3.63. The van der Waals surface area contributed by atoms with E-state index in [4.69, 9.17) is 0 Å². The summed E-state index contributed by atoms with van der Waals surface area (Å²) in [6.45, 7) is 9.44. The highest BCUT2D eigenvalue weighted by Crippen LogP contribution is 2.24. The lowest BCUT2D eigenvalue weighted by atomic mass is 10.0. The normalized spacial score (nSPS) is 21.1. The third-order valence-electron chi connectivity index (χ3n) is 5.05. The van der Waals surface area contributed by atoms with Gasteiger partial charge in [0.25, 0.3) is 0 Å². The second-order valence-corrected chi connectivity index (χ2v) is 6.41. The minimum Gasteiger partial charge on any atom is -0.371 e. The van der Waals surface area contributed by atoms with Gasteiger partial charge in [-0.05, 0) is 56.9 Å². The van der Waals surface area contributed by atoms with Gasteiger partial charge < -0.3 is 15.1 Å². The molecule has 2 fully saturated rings. The first-order chi connectivity index (χ1) is 10.4. The molecule has 0 saturated carbocycles. The summed E-state index contributed by atoms with van der Waals surface area (Å²) >= 11 is 0. The fourth-order valence-corrected chi connectivity index (χ4v) is 3.63. The number of anilines is 1. The van der Waals surface area contributed by atoms with Crippen molar-refractivity contribution in [2.24, 2.45) is 0 Å². The zero-order valence-corrected chi connectivity index (χ0v) is 13.4. The van der Waals surface area contributed by atoms with E-state index >= 15 is 0 Å². The minimum atomic E-state index is 0.694. The molecule has 0 spiro atoms. The highest BCUT2D eigenvalue weighted by atomic mass is 15.2. The van der Waals surface area contributed by atoms with Gasteiger partial charge in [0.1, 0.15) is 0 Å². The van der Waals surface area contributed by atoms with Crippen molar-refractivity contribution in [2.45, 2.75) is 45.2 Å². The molecule has 0 radical (unpaired) electrons. The Morgan fingerprint density at radius 1 is 1.05 bits per heavy atom. The molecule has 21 heavy (non-hydrogen) atoms. The van der Waals surface area contributed by atoms with E-state index in [9.17, 15) is 0 Å². The van der Waals surface area contributed by atoms with Gasteiger partial charge in [-0.25, -0.2) is 0 Å². The van der Waals surface area contributed by atoms with Crippen LogP contribution < -0.4 is 10.2 Å². The van der Waals surface area contributed by atoms with Crippen molar-refractivity contribution in [2.75, 3.05) is 37.6 Å². The molecule has 0 amide bonds. The van der Waals surface area contributed by atoms with Crippen molar-refractivity contribution in [1.29, 1.82) is 0 Å². The lowest BCUT2D eigenvalue weighted by Crippen LogP contribution is -2.42. The van der Waals surface area contributed by atoms with Gasteiger partial charge in [-0.3, -0.25) is 0 Å². The summed E-state index contributed by atoms with van der Waals surface area (Å²) in [4.78, 5) is 5.10. The number of nitrogens with zero attached hydrogens (tertiary/aromatic N) is 2. The SMILES string of the molecule is CCN1CCC(NCc2ccccc2N2CCCC2)CC1. The van der Waals surface area contributed by atoms with E-state index < -0.39 is 0 Å². The van der Waals surface area contributed by atoms with Crippen LogP contribution in [0.2, 0.25) is 0 Å². The van der Waals surface area contributed by atoms with Gasteiger partial charge in [-0.15, -0.1) is 0 Å². The second kappa shape index (κ2) is 7.28. The van der Waals surface area contributed by atoms with Gasteiger partial charge >= 0.3 is 0 Å². The molecule has 1 aromatic carbocycles. The molecule has 0 bridgehead atoms. The van der Waals surface area contributed by atoms with Gasteiger partial charge in [0.2, 0.25) is 0 Å². The van der Waals surface area contributed by atoms with Crippen LogP contribution in [0.5, 0.6) is 0 Å². The highest BCUT2D eigenvalue weighted by molar-refractivity contribution is 5.54. The molecule has 0 aromatic heterocycles. The predicted octanol–water partition coefficient (Wildman–Crippen LogP) is 2.86. The van der Waals surface area contributed by atoms with E-state index in [2.05, 4.69) is 46.3 Å². The van der Waals surface area contributed by atoms with E-state index in [0.717, 1.165) is 6.54 Å². The highest BCUT2D eigenvalue weighted by Gasteiger charge is 2.19. The monoisotopic (exact) mass is 287 g/mol. The summed E-state index contributed by atoms with van der Waals surface area (Å²) in [6.07, 6.45) is 5.27. The molecule has 0 aliphatic carbocycles. The molecule has 2 aliphatic heterocycles. The molecule has 3 rings (SSSR count). The van der Waals surface area contributed by atoms with Gasteiger partial charge in [0.05, 0.1) is 0 Å². The number of hydrogen-bond donors (Lipinski definition) is 1. The summed E-state index contributed by atoms with van der Waals surface area (Å²) in [6, 6.07) is 9.64. The number of para-hydroxylation sites is 1. The maximum absolute atomic E-state index is 3.79. The predicted molar refractivity (Wildman–Crippen MR) is 89.9 cm³/mol. The second-order valence-electron chi connectivity index (χ2n) is 6.41. The number of rotatable bonds is 5. The van der Waals surface area contributed by atoms with Crippen LogP contribution in [0.15, 0.2) is 24.3 Å². The number of piperidine rings is 1. The van der Waals surface area contributed by atoms with Crippen molar-refractivity contribution in [3.63, 3.8) is 0 Å². The van der Waals surface area contributed by atoms with Crippen molar-refractivity contribution in [3.05, 3.63) is 29.8 Å². The molecule has 3 heteroatoms. The first kappa shape index (κ1) is 14.9. The van der Waals surface area contributed by atoms with Gasteiger partial charge in [0.15, 0.2) is 0 Å². The lowest BCUT2D eigenvalue weighted by molar-refractivity contribution is 0.206. The third-order valence-corrected chi connectivity index (χ3v) is 5.05. The van der Waals surface area contributed by atoms with Crippen molar-refractivity contribution in [3.8, 4) is 0 Å². The smallest absolute Gasteiger partial charge is 0.0411 e. The van der Waals surface area contributed by atoms with Crippen LogP contribution in [0.3, 0.4) is 0 Å². The van der Waals surface area contributed by atoms with Gasteiger partial charge in [-0.1, -0.05) is 25.1 Å². The molecular weight excluding hydrogens is 258 g/mol. The van der Waals surface area contributed by atoms with E-state index in [0.29, 0.717) is 6.04 Å². The van der Waals surface area contributed by atoms with E-state index in [-0.39, 0.29) is 0 Å².